The highest BCUT2D eigenvalue weighted by Crippen LogP contribution is 2.23. The van der Waals surface area contributed by atoms with Gasteiger partial charge in [0.05, 0.1) is 6.54 Å². The fourth-order valence-corrected chi connectivity index (χ4v) is 2.12. The maximum absolute atomic E-state index is 13.7. The lowest BCUT2D eigenvalue weighted by Gasteiger charge is -2.24. The van der Waals surface area contributed by atoms with Gasteiger partial charge >= 0.3 is 0 Å². The minimum atomic E-state index is -1.76. The average Bonchev–Trinajstić information content (AvgIpc) is 2.44. The SMILES string of the molecule is Cc1ccc(C(=O)NCC(C)(O)c2ccc(F)cc2F)c(=O)[nH]1. The minimum Gasteiger partial charge on any atom is -0.383 e. The van der Waals surface area contributed by atoms with Crippen LogP contribution in [0.2, 0.25) is 0 Å². The maximum Gasteiger partial charge on any atom is 0.260 e. The number of hydrogen-bond acceptors (Lipinski definition) is 3. The summed E-state index contributed by atoms with van der Waals surface area (Å²) >= 11 is 0. The smallest absolute Gasteiger partial charge is 0.260 e. The van der Waals surface area contributed by atoms with Gasteiger partial charge in [0, 0.05) is 17.3 Å². The fraction of sp³-hybridized carbons (Fsp3) is 0.250. The van der Waals surface area contributed by atoms with Crippen LogP contribution < -0.4 is 10.9 Å². The monoisotopic (exact) mass is 322 g/mol. The number of benzene rings is 1. The normalized spacial score (nSPS) is 13.4. The number of nitrogens with one attached hydrogen (secondary N) is 2. The molecule has 1 aromatic carbocycles. The predicted molar refractivity (Wildman–Crippen MR) is 80.1 cm³/mol. The molecule has 2 rings (SSSR count). The Bertz CT molecular complexity index is 800. The van der Waals surface area contributed by atoms with E-state index in [-0.39, 0.29) is 17.7 Å². The van der Waals surface area contributed by atoms with Gasteiger partial charge in [0.25, 0.3) is 11.5 Å². The van der Waals surface area contributed by atoms with Gasteiger partial charge in [-0.2, -0.15) is 0 Å². The largest absolute Gasteiger partial charge is 0.383 e. The molecule has 0 saturated heterocycles. The van der Waals surface area contributed by atoms with Crippen LogP contribution in [-0.2, 0) is 5.60 Å². The van der Waals surface area contributed by atoms with Crippen LogP contribution in [0.15, 0.2) is 35.1 Å². The van der Waals surface area contributed by atoms with Gasteiger partial charge in [-0.15, -0.1) is 0 Å². The fourth-order valence-electron chi connectivity index (χ4n) is 2.12. The van der Waals surface area contributed by atoms with Crippen molar-refractivity contribution in [3.8, 4) is 0 Å². The summed E-state index contributed by atoms with van der Waals surface area (Å²) < 4.78 is 26.7. The molecule has 1 heterocycles. The summed E-state index contributed by atoms with van der Waals surface area (Å²) in [6.45, 7) is 2.61. The van der Waals surface area contributed by atoms with Crippen molar-refractivity contribution in [2.75, 3.05) is 6.54 Å². The van der Waals surface area contributed by atoms with E-state index in [4.69, 9.17) is 0 Å². The number of carbonyl (C=O) groups is 1. The zero-order valence-electron chi connectivity index (χ0n) is 12.6. The van der Waals surface area contributed by atoms with E-state index in [0.29, 0.717) is 11.8 Å². The van der Waals surface area contributed by atoms with Crippen LogP contribution in [0.3, 0.4) is 0 Å². The number of halogens is 2. The Kier molecular flexibility index (Phi) is 4.60. The molecule has 1 amide bonds. The van der Waals surface area contributed by atoms with E-state index in [9.17, 15) is 23.5 Å². The van der Waals surface area contributed by atoms with E-state index < -0.39 is 28.7 Å². The molecular formula is C16H16F2N2O3. The summed E-state index contributed by atoms with van der Waals surface area (Å²) in [6.07, 6.45) is 0. The van der Waals surface area contributed by atoms with Crippen LogP contribution in [-0.4, -0.2) is 22.5 Å². The van der Waals surface area contributed by atoms with Crippen LogP contribution in [0.1, 0.15) is 28.5 Å². The lowest BCUT2D eigenvalue weighted by molar-refractivity contribution is 0.0494. The maximum atomic E-state index is 13.7. The van der Waals surface area contributed by atoms with Gasteiger partial charge < -0.3 is 15.4 Å². The average molecular weight is 322 g/mol. The van der Waals surface area contributed by atoms with Crippen molar-refractivity contribution in [1.29, 1.82) is 0 Å². The number of carbonyl (C=O) groups excluding carboxylic acids is 1. The van der Waals surface area contributed by atoms with E-state index >= 15 is 0 Å². The molecule has 0 fully saturated rings. The molecular weight excluding hydrogens is 306 g/mol. The van der Waals surface area contributed by atoms with Gasteiger partial charge in [-0.1, -0.05) is 6.07 Å². The Morgan fingerprint density at radius 3 is 2.61 bits per heavy atom. The number of hydrogen-bond donors (Lipinski definition) is 3. The third kappa shape index (κ3) is 3.81. The van der Waals surface area contributed by atoms with E-state index in [1.165, 1.54) is 13.0 Å². The molecule has 0 aliphatic carbocycles. The van der Waals surface area contributed by atoms with Crippen molar-refractivity contribution >= 4 is 5.91 Å². The highest BCUT2D eigenvalue weighted by molar-refractivity contribution is 5.93. The molecule has 2 aromatic rings. The van der Waals surface area contributed by atoms with Gasteiger partial charge in [0.1, 0.15) is 22.8 Å². The number of aliphatic hydroxyl groups is 1. The molecule has 0 aliphatic heterocycles. The van der Waals surface area contributed by atoms with E-state index in [1.807, 2.05) is 0 Å². The highest BCUT2D eigenvalue weighted by atomic mass is 19.1. The molecule has 3 N–H and O–H groups in total. The van der Waals surface area contributed by atoms with E-state index in [0.717, 1.165) is 12.1 Å². The van der Waals surface area contributed by atoms with Crippen molar-refractivity contribution in [1.82, 2.24) is 10.3 Å². The summed E-state index contributed by atoms with van der Waals surface area (Å²) in [7, 11) is 0. The van der Waals surface area contributed by atoms with Gasteiger partial charge in [0.2, 0.25) is 0 Å². The van der Waals surface area contributed by atoms with Crippen molar-refractivity contribution in [2.45, 2.75) is 19.4 Å². The molecule has 1 atom stereocenters. The minimum absolute atomic E-state index is 0.119. The Hall–Kier alpha value is -2.54. The zero-order chi connectivity index (χ0) is 17.2. The summed E-state index contributed by atoms with van der Waals surface area (Å²) in [5, 5.41) is 12.7. The molecule has 5 nitrogen and oxygen atoms in total. The molecule has 0 radical (unpaired) electrons. The van der Waals surface area contributed by atoms with Crippen molar-refractivity contribution in [3.05, 3.63) is 69.1 Å². The van der Waals surface area contributed by atoms with Gasteiger partial charge in [-0.3, -0.25) is 9.59 Å². The number of rotatable bonds is 4. The second kappa shape index (κ2) is 6.29. The van der Waals surface area contributed by atoms with Crippen molar-refractivity contribution < 1.29 is 18.7 Å². The third-order valence-corrected chi connectivity index (χ3v) is 3.40. The lowest BCUT2D eigenvalue weighted by atomic mass is 9.95. The quantitative estimate of drug-likeness (QED) is 0.799. The number of H-pyrrole nitrogens is 1. The molecule has 0 aliphatic rings. The first-order valence-electron chi connectivity index (χ1n) is 6.87. The Labute approximate surface area is 131 Å². The number of aromatic nitrogens is 1. The standard InChI is InChI=1S/C16H16F2N2O3/c1-9-3-5-11(15(22)20-9)14(21)19-8-16(2,23)12-6-4-10(17)7-13(12)18/h3-7,23H,8H2,1-2H3,(H,19,21)(H,20,22). The summed E-state index contributed by atoms with van der Waals surface area (Å²) in [5.41, 5.74) is -1.99. The highest BCUT2D eigenvalue weighted by Gasteiger charge is 2.28. The predicted octanol–water partition coefficient (Wildman–Crippen LogP) is 1.60. The van der Waals surface area contributed by atoms with Gasteiger partial charge in [0.15, 0.2) is 0 Å². The summed E-state index contributed by atoms with van der Waals surface area (Å²) in [6, 6.07) is 5.69. The molecule has 0 spiro atoms. The Morgan fingerprint density at radius 1 is 1.30 bits per heavy atom. The van der Waals surface area contributed by atoms with Crippen molar-refractivity contribution in [2.24, 2.45) is 0 Å². The second-order valence-corrected chi connectivity index (χ2v) is 5.46. The number of pyridine rings is 1. The first-order valence-corrected chi connectivity index (χ1v) is 6.87. The molecule has 0 saturated carbocycles. The first-order chi connectivity index (χ1) is 10.7. The van der Waals surface area contributed by atoms with Crippen LogP contribution >= 0.6 is 0 Å². The van der Waals surface area contributed by atoms with Crippen molar-refractivity contribution in [3.63, 3.8) is 0 Å². The molecule has 122 valence electrons. The molecule has 23 heavy (non-hydrogen) atoms. The number of aryl methyl sites for hydroxylation is 1. The van der Waals surface area contributed by atoms with Crippen LogP contribution in [0.25, 0.3) is 0 Å². The lowest BCUT2D eigenvalue weighted by Crippen LogP contribution is -2.40. The van der Waals surface area contributed by atoms with Crippen LogP contribution in [0.4, 0.5) is 8.78 Å². The third-order valence-electron chi connectivity index (χ3n) is 3.40. The Morgan fingerprint density at radius 2 is 2.00 bits per heavy atom. The molecule has 1 unspecified atom stereocenters. The number of amides is 1. The van der Waals surface area contributed by atoms with Gasteiger partial charge in [-0.05, 0) is 32.0 Å². The summed E-state index contributed by atoms with van der Waals surface area (Å²) in [4.78, 5) is 26.2. The Balaban J connectivity index is 2.15. The summed E-state index contributed by atoms with van der Waals surface area (Å²) in [5.74, 6) is -2.39. The second-order valence-electron chi connectivity index (χ2n) is 5.46. The van der Waals surface area contributed by atoms with Crippen LogP contribution in [0, 0.1) is 18.6 Å². The van der Waals surface area contributed by atoms with E-state index in [2.05, 4.69) is 10.3 Å². The molecule has 1 aromatic heterocycles. The van der Waals surface area contributed by atoms with Gasteiger partial charge in [-0.25, -0.2) is 8.78 Å². The molecule has 0 bridgehead atoms. The van der Waals surface area contributed by atoms with Crippen LogP contribution in [0.5, 0.6) is 0 Å². The number of aromatic amines is 1. The topological polar surface area (TPSA) is 82.2 Å². The zero-order valence-corrected chi connectivity index (χ0v) is 12.6. The molecule has 7 heteroatoms. The van der Waals surface area contributed by atoms with E-state index in [1.54, 1.807) is 13.0 Å². The first kappa shape index (κ1) is 16.8.